The number of fused-ring (bicyclic) bond motifs is 1. The number of para-hydroxylation sites is 1. The lowest BCUT2D eigenvalue weighted by Crippen LogP contribution is -2.40. The molecule has 0 bridgehead atoms. The largest absolute Gasteiger partial charge is 0.453 e. The van der Waals surface area contributed by atoms with E-state index in [-0.39, 0.29) is 6.04 Å². The third-order valence-corrected chi connectivity index (χ3v) is 5.31. The van der Waals surface area contributed by atoms with Crippen LogP contribution in [0, 0.1) is 0 Å². The maximum absolute atomic E-state index is 6.06. The van der Waals surface area contributed by atoms with Crippen molar-refractivity contribution in [3.8, 4) is 11.6 Å². The summed E-state index contributed by atoms with van der Waals surface area (Å²) in [6.07, 6.45) is 7.58. The van der Waals surface area contributed by atoms with E-state index in [1.807, 2.05) is 43.0 Å². The van der Waals surface area contributed by atoms with Crippen LogP contribution < -0.4 is 0 Å². The van der Waals surface area contributed by atoms with Crippen LogP contribution in [0.3, 0.4) is 0 Å². The first-order chi connectivity index (χ1) is 13.9. The van der Waals surface area contributed by atoms with E-state index >= 15 is 0 Å². The number of hydrogen-bond acceptors (Lipinski definition) is 5. The van der Waals surface area contributed by atoms with Gasteiger partial charge < -0.3 is 13.7 Å². The van der Waals surface area contributed by atoms with Gasteiger partial charge in [0.25, 0.3) is 0 Å². The van der Waals surface area contributed by atoms with Crippen molar-refractivity contribution < 1.29 is 9.15 Å². The number of pyridine rings is 1. The second kappa shape index (κ2) is 7.58. The fraction of sp³-hybridized carbons (Fsp3) is 0.273. The first-order valence-corrected chi connectivity index (χ1v) is 9.60. The maximum atomic E-state index is 6.06. The van der Waals surface area contributed by atoms with E-state index in [2.05, 4.69) is 43.7 Å². The van der Waals surface area contributed by atoms with Gasteiger partial charge in [0.2, 0.25) is 0 Å². The van der Waals surface area contributed by atoms with Crippen LogP contribution in [0.1, 0.15) is 11.6 Å². The van der Waals surface area contributed by atoms with Gasteiger partial charge in [0, 0.05) is 49.8 Å². The zero-order valence-electron chi connectivity index (χ0n) is 15.6. The SMILES string of the molecule is c1ccc2oc(-c3nccn3C[C@@H](c3ccncc3)N3CCOCC3)cc2c1. The van der Waals surface area contributed by atoms with Gasteiger partial charge in [-0.1, -0.05) is 18.2 Å². The molecule has 0 amide bonds. The fourth-order valence-electron chi connectivity index (χ4n) is 3.87. The lowest BCUT2D eigenvalue weighted by atomic mass is 10.1. The molecule has 1 saturated heterocycles. The Bertz CT molecular complexity index is 1020. The van der Waals surface area contributed by atoms with Gasteiger partial charge in [-0.25, -0.2) is 4.98 Å². The molecule has 5 rings (SSSR count). The molecule has 0 spiro atoms. The van der Waals surface area contributed by atoms with Crippen LogP contribution in [0.2, 0.25) is 0 Å². The minimum Gasteiger partial charge on any atom is -0.453 e. The van der Waals surface area contributed by atoms with Crippen LogP contribution >= 0.6 is 0 Å². The Labute approximate surface area is 163 Å². The quantitative estimate of drug-likeness (QED) is 0.532. The van der Waals surface area contributed by atoms with Gasteiger partial charge in [-0.2, -0.15) is 0 Å². The van der Waals surface area contributed by atoms with Gasteiger partial charge in [0.05, 0.1) is 19.3 Å². The summed E-state index contributed by atoms with van der Waals surface area (Å²) in [5, 5.41) is 1.09. The van der Waals surface area contributed by atoms with Gasteiger partial charge in [0.15, 0.2) is 11.6 Å². The Morgan fingerprint density at radius 3 is 2.64 bits per heavy atom. The third kappa shape index (κ3) is 3.32. The number of hydrogen-bond donors (Lipinski definition) is 0. The summed E-state index contributed by atoms with van der Waals surface area (Å²) in [7, 11) is 0. The van der Waals surface area contributed by atoms with E-state index < -0.39 is 0 Å². The molecule has 0 saturated carbocycles. The third-order valence-electron chi connectivity index (χ3n) is 5.31. The normalized spacial score (nSPS) is 16.4. The van der Waals surface area contributed by atoms with Crippen molar-refractivity contribution in [3.63, 3.8) is 0 Å². The minimum atomic E-state index is 0.226. The number of nitrogens with zero attached hydrogens (tertiary/aromatic N) is 4. The van der Waals surface area contributed by atoms with Crippen molar-refractivity contribution in [2.75, 3.05) is 26.3 Å². The number of morpholine rings is 1. The van der Waals surface area contributed by atoms with Gasteiger partial charge in [-0.3, -0.25) is 9.88 Å². The number of ether oxygens (including phenoxy) is 1. The van der Waals surface area contributed by atoms with Gasteiger partial charge in [-0.15, -0.1) is 0 Å². The van der Waals surface area contributed by atoms with E-state index in [1.54, 1.807) is 0 Å². The number of furan rings is 1. The molecule has 1 aliphatic heterocycles. The first-order valence-electron chi connectivity index (χ1n) is 9.60. The lowest BCUT2D eigenvalue weighted by molar-refractivity contribution is 0.0124. The second-order valence-electron chi connectivity index (χ2n) is 7.00. The predicted octanol–water partition coefficient (Wildman–Crippen LogP) is 3.76. The van der Waals surface area contributed by atoms with Crippen LogP contribution in [-0.4, -0.2) is 45.7 Å². The molecule has 0 aliphatic carbocycles. The molecule has 1 fully saturated rings. The van der Waals surface area contributed by atoms with Crippen molar-refractivity contribution in [1.29, 1.82) is 0 Å². The average molecular weight is 374 g/mol. The Balaban J connectivity index is 1.49. The highest BCUT2D eigenvalue weighted by molar-refractivity contribution is 5.81. The molecule has 0 radical (unpaired) electrons. The molecule has 4 heterocycles. The summed E-state index contributed by atoms with van der Waals surface area (Å²) in [5.74, 6) is 1.64. The molecule has 6 nitrogen and oxygen atoms in total. The number of imidazole rings is 1. The number of benzene rings is 1. The zero-order valence-corrected chi connectivity index (χ0v) is 15.6. The van der Waals surface area contributed by atoms with Crippen LogP contribution in [0.4, 0.5) is 0 Å². The molecule has 1 aliphatic rings. The smallest absolute Gasteiger partial charge is 0.176 e. The summed E-state index contributed by atoms with van der Waals surface area (Å²) in [6, 6.07) is 14.5. The van der Waals surface area contributed by atoms with Crippen molar-refractivity contribution in [2.45, 2.75) is 12.6 Å². The summed E-state index contributed by atoms with van der Waals surface area (Å²) in [4.78, 5) is 11.2. The Morgan fingerprint density at radius 2 is 1.82 bits per heavy atom. The molecular formula is C22H22N4O2. The van der Waals surface area contributed by atoms with E-state index in [0.717, 1.165) is 55.4 Å². The molecule has 28 heavy (non-hydrogen) atoms. The Hall–Kier alpha value is -2.96. The minimum absolute atomic E-state index is 0.226. The van der Waals surface area contributed by atoms with Gasteiger partial charge >= 0.3 is 0 Å². The highest BCUT2D eigenvalue weighted by atomic mass is 16.5. The lowest BCUT2D eigenvalue weighted by Gasteiger charge is -2.35. The summed E-state index contributed by atoms with van der Waals surface area (Å²) >= 11 is 0. The number of rotatable bonds is 5. The Kier molecular flexibility index (Phi) is 4.64. The fourth-order valence-corrected chi connectivity index (χ4v) is 3.87. The summed E-state index contributed by atoms with van der Waals surface area (Å²) in [6.45, 7) is 4.16. The average Bonchev–Trinajstić information content (AvgIpc) is 3.39. The molecule has 1 atom stereocenters. The van der Waals surface area contributed by atoms with Crippen molar-refractivity contribution in [1.82, 2.24) is 19.4 Å². The van der Waals surface area contributed by atoms with Crippen LogP contribution in [0.5, 0.6) is 0 Å². The van der Waals surface area contributed by atoms with Crippen LogP contribution in [0.15, 0.2) is 71.7 Å². The van der Waals surface area contributed by atoms with Crippen LogP contribution in [0.25, 0.3) is 22.6 Å². The molecule has 1 aromatic carbocycles. The molecule has 142 valence electrons. The van der Waals surface area contributed by atoms with Crippen molar-refractivity contribution >= 4 is 11.0 Å². The topological polar surface area (TPSA) is 56.3 Å². The van der Waals surface area contributed by atoms with Crippen molar-refractivity contribution in [2.24, 2.45) is 0 Å². The van der Waals surface area contributed by atoms with Gasteiger partial charge in [-0.05, 0) is 29.8 Å². The van der Waals surface area contributed by atoms with E-state index in [4.69, 9.17) is 9.15 Å². The standard InChI is InChI=1S/C22H22N4O2/c1-2-4-20-18(3-1)15-21(28-20)22-24-9-10-26(22)16-19(17-5-7-23-8-6-17)25-11-13-27-14-12-25/h1-10,15,19H,11-14,16H2/t19-/m0/s1. The van der Waals surface area contributed by atoms with E-state index in [9.17, 15) is 0 Å². The molecule has 4 aromatic rings. The monoisotopic (exact) mass is 374 g/mol. The first kappa shape index (κ1) is 17.2. The van der Waals surface area contributed by atoms with Crippen molar-refractivity contribution in [3.05, 3.63) is 72.8 Å². The number of aromatic nitrogens is 3. The molecule has 0 N–H and O–H groups in total. The molecule has 0 unspecified atom stereocenters. The van der Waals surface area contributed by atoms with E-state index in [1.165, 1.54) is 5.56 Å². The molecule has 3 aromatic heterocycles. The van der Waals surface area contributed by atoms with E-state index in [0.29, 0.717) is 0 Å². The summed E-state index contributed by atoms with van der Waals surface area (Å²) in [5.41, 5.74) is 2.13. The predicted molar refractivity (Wildman–Crippen MR) is 107 cm³/mol. The van der Waals surface area contributed by atoms with Crippen LogP contribution in [-0.2, 0) is 11.3 Å². The summed E-state index contributed by atoms with van der Waals surface area (Å²) < 4.78 is 13.8. The maximum Gasteiger partial charge on any atom is 0.176 e. The highest BCUT2D eigenvalue weighted by Crippen LogP contribution is 2.29. The van der Waals surface area contributed by atoms with Gasteiger partial charge in [0.1, 0.15) is 5.58 Å². The second-order valence-corrected chi connectivity index (χ2v) is 7.00. The highest BCUT2D eigenvalue weighted by Gasteiger charge is 2.24. The Morgan fingerprint density at radius 1 is 1.00 bits per heavy atom. The molecule has 6 heteroatoms. The zero-order chi connectivity index (χ0) is 18.8. The molecular weight excluding hydrogens is 352 g/mol.